The van der Waals surface area contributed by atoms with Crippen LogP contribution in [0.25, 0.3) is 0 Å². The third-order valence-corrected chi connectivity index (χ3v) is 2.03. The molecule has 0 saturated carbocycles. The van der Waals surface area contributed by atoms with Crippen LogP contribution in [0.3, 0.4) is 0 Å². The maximum atomic E-state index is 12.5. The minimum Gasteiger partial charge on any atom is -0.304 e. The summed E-state index contributed by atoms with van der Waals surface area (Å²) in [6.07, 6.45) is -2.07. The molecule has 0 fully saturated rings. The van der Waals surface area contributed by atoms with E-state index >= 15 is 0 Å². The van der Waals surface area contributed by atoms with Crippen LogP contribution in [0.1, 0.15) is 24.0 Å². The molecule has 0 saturated heterocycles. The summed E-state index contributed by atoms with van der Waals surface area (Å²) in [5.74, 6) is 4.38. The van der Waals surface area contributed by atoms with Crippen molar-refractivity contribution in [2.75, 3.05) is 6.61 Å². The number of hydrogen-bond acceptors (Lipinski definition) is 3. The van der Waals surface area contributed by atoms with Crippen molar-refractivity contribution in [3.63, 3.8) is 0 Å². The second kappa shape index (κ2) is 4.59. The molecule has 84 valence electrons. The fourth-order valence-corrected chi connectivity index (χ4v) is 1.29. The van der Waals surface area contributed by atoms with Crippen LogP contribution in [0.2, 0.25) is 0 Å². The summed E-state index contributed by atoms with van der Waals surface area (Å²) in [5.41, 5.74) is -0.600. The number of rotatable bonds is 3. The average Bonchev–Trinajstić information content (AvgIpc) is 2.17. The Hall–Kier alpha value is -1.14. The predicted molar refractivity (Wildman–Crippen MR) is 47.8 cm³/mol. The van der Waals surface area contributed by atoms with Crippen LogP contribution >= 0.6 is 0 Å². The van der Waals surface area contributed by atoms with Gasteiger partial charge in [-0.15, -0.1) is 0 Å². The van der Waals surface area contributed by atoms with Crippen LogP contribution in [-0.2, 0) is 11.0 Å². The Morgan fingerprint density at radius 1 is 1.53 bits per heavy atom. The van der Waals surface area contributed by atoms with Crippen LogP contribution in [0, 0.1) is 0 Å². The van der Waals surface area contributed by atoms with Crippen LogP contribution in [0.15, 0.2) is 18.5 Å². The van der Waals surface area contributed by atoms with E-state index in [-0.39, 0.29) is 12.2 Å². The highest BCUT2D eigenvalue weighted by Gasteiger charge is 2.34. The van der Waals surface area contributed by atoms with Gasteiger partial charge in [0.1, 0.15) is 0 Å². The normalized spacial score (nSPS) is 13.9. The third-order valence-electron chi connectivity index (χ3n) is 2.03. The highest BCUT2D eigenvalue weighted by molar-refractivity contribution is 5.29. The van der Waals surface area contributed by atoms with Gasteiger partial charge in [0.25, 0.3) is 0 Å². The second-order valence-corrected chi connectivity index (χ2v) is 3.20. The first-order chi connectivity index (χ1) is 6.96. The first kappa shape index (κ1) is 11.9. The molecule has 15 heavy (non-hydrogen) atoms. The SMILES string of the molecule is CC(CON)c1cnccc1C(F)(F)F. The number of alkyl halides is 3. The Morgan fingerprint density at radius 2 is 2.20 bits per heavy atom. The monoisotopic (exact) mass is 220 g/mol. The summed E-state index contributed by atoms with van der Waals surface area (Å²) in [7, 11) is 0. The number of aromatic nitrogens is 1. The quantitative estimate of drug-likeness (QED) is 0.793. The van der Waals surface area contributed by atoms with Crippen molar-refractivity contribution in [3.8, 4) is 0 Å². The molecule has 0 amide bonds. The highest BCUT2D eigenvalue weighted by atomic mass is 19.4. The molecular formula is C9H11F3N2O. The Balaban J connectivity index is 3.06. The standard InChI is InChI=1S/C9H11F3N2O/c1-6(5-15-13)7-4-14-3-2-8(7)9(10,11)12/h2-4,6H,5,13H2,1H3. The molecule has 0 aliphatic rings. The fourth-order valence-electron chi connectivity index (χ4n) is 1.29. The zero-order valence-electron chi connectivity index (χ0n) is 8.08. The van der Waals surface area contributed by atoms with Gasteiger partial charge in [-0.2, -0.15) is 13.2 Å². The molecule has 6 heteroatoms. The predicted octanol–water partition coefficient (Wildman–Crippen LogP) is 2.09. The number of pyridine rings is 1. The van der Waals surface area contributed by atoms with Gasteiger partial charge >= 0.3 is 6.18 Å². The molecule has 1 heterocycles. The fraction of sp³-hybridized carbons (Fsp3) is 0.444. The van der Waals surface area contributed by atoms with E-state index < -0.39 is 17.7 Å². The van der Waals surface area contributed by atoms with Crippen molar-refractivity contribution in [3.05, 3.63) is 29.6 Å². The second-order valence-electron chi connectivity index (χ2n) is 3.20. The molecule has 1 aromatic heterocycles. The van der Waals surface area contributed by atoms with E-state index in [1.54, 1.807) is 6.92 Å². The number of halogens is 3. The van der Waals surface area contributed by atoms with Gasteiger partial charge in [-0.05, 0) is 11.6 Å². The molecule has 2 N–H and O–H groups in total. The van der Waals surface area contributed by atoms with Crippen molar-refractivity contribution >= 4 is 0 Å². The van der Waals surface area contributed by atoms with Gasteiger partial charge in [-0.3, -0.25) is 4.98 Å². The molecule has 0 aromatic carbocycles. The molecule has 1 atom stereocenters. The van der Waals surface area contributed by atoms with E-state index in [4.69, 9.17) is 5.90 Å². The number of hydrogen-bond donors (Lipinski definition) is 1. The number of nitrogens with zero attached hydrogens (tertiary/aromatic N) is 1. The molecule has 0 aliphatic heterocycles. The van der Waals surface area contributed by atoms with Gasteiger partial charge in [0.2, 0.25) is 0 Å². The Morgan fingerprint density at radius 3 is 2.73 bits per heavy atom. The summed E-state index contributed by atoms with van der Waals surface area (Å²) in [5, 5.41) is 0. The Bertz CT molecular complexity index is 327. The zero-order chi connectivity index (χ0) is 11.5. The highest BCUT2D eigenvalue weighted by Crippen LogP contribution is 2.34. The number of nitrogens with two attached hydrogens (primary N) is 1. The lowest BCUT2D eigenvalue weighted by Crippen LogP contribution is -2.15. The van der Waals surface area contributed by atoms with Gasteiger partial charge in [-0.1, -0.05) is 6.92 Å². The van der Waals surface area contributed by atoms with Crippen LogP contribution < -0.4 is 5.90 Å². The van der Waals surface area contributed by atoms with Gasteiger partial charge in [0.15, 0.2) is 0 Å². The Kier molecular flexibility index (Phi) is 3.65. The van der Waals surface area contributed by atoms with Crippen molar-refractivity contribution in [2.45, 2.75) is 19.0 Å². The van der Waals surface area contributed by atoms with E-state index in [2.05, 4.69) is 9.82 Å². The van der Waals surface area contributed by atoms with E-state index in [0.717, 1.165) is 12.3 Å². The van der Waals surface area contributed by atoms with Crippen molar-refractivity contribution in [1.29, 1.82) is 0 Å². The first-order valence-corrected chi connectivity index (χ1v) is 4.29. The lowest BCUT2D eigenvalue weighted by atomic mass is 9.98. The summed E-state index contributed by atoms with van der Waals surface area (Å²) in [4.78, 5) is 8.00. The van der Waals surface area contributed by atoms with Crippen molar-refractivity contribution in [1.82, 2.24) is 4.98 Å². The van der Waals surface area contributed by atoms with Crippen LogP contribution in [0.5, 0.6) is 0 Å². The molecule has 1 unspecified atom stereocenters. The lowest BCUT2D eigenvalue weighted by Gasteiger charge is -2.16. The molecule has 0 radical (unpaired) electrons. The maximum Gasteiger partial charge on any atom is 0.416 e. The van der Waals surface area contributed by atoms with E-state index in [1.165, 1.54) is 6.20 Å². The molecule has 1 rings (SSSR count). The van der Waals surface area contributed by atoms with Gasteiger partial charge in [-0.25, -0.2) is 5.90 Å². The first-order valence-electron chi connectivity index (χ1n) is 4.29. The molecule has 0 aliphatic carbocycles. The summed E-state index contributed by atoms with van der Waals surface area (Å²) >= 11 is 0. The van der Waals surface area contributed by atoms with Gasteiger partial charge in [0, 0.05) is 18.3 Å². The minimum absolute atomic E-state index is 0.0226. The average molecular weight is 220 g/mol. The van der Waals surface area contributed by atoms with Crippen molar-refractivity contribution in [2.24, 2.45) is 5.90 Å². The maximum absolute atomic E-state index is 12.5. The lowest BCUT2D eigenvalue weighted by molar-refractivity contribution is -0.138. The molecule has 0 bridgehead atoms. The molecular weight excluding hydrogens is 209 g/mol. The van der Waals surface area contributed by atoms with E-state index in [0.29, 0.717) is 0 Å². The summed E-state index contributed by atoms with van der Waals surface area (Å²) in [6, 6.07) is 0.947. The smallest absolute Gasteiger partial charge is 0.304 e. The van der Waals surface area contributed by atoms with Gasteiger partial charge < -0.3 is 4.84 Å². The Labute approximate surface area is 85.0 Å². The summed E-state index contributed by atoms with van der Waals surface area (Å²) in [6.45, 7) is 1.62. The van der Waals surface area contributed by atoms with Gasteiger partial charge in [0.05, 0.1) is 12.2 Å². The third kappa shape index (κ3) is 2.90. The zero-order valence-corrected chi connectivity index (χ0v) is 8.08. The van der Waals surface area contributed by atoms with E-state index in [1.807, 2.05) is 0 Å². The largest absolute Gasteiger partial charge is 0.416 e. The molecule has 0 spiro atoms. The minimum atomic E-state index is -4.37. The van der Waals surface area contributed by atoms with E-state index in [9.17, 15) is 13.2 Å². The topological polar surface area (TPSA) is 48.1 Å². The summed E-state index contributed by atoms with van der Waals surface area (Å²) < 4.78 is 37.6. The van der Waals surface area contributed by atoms with Crippen LogP contribution in [-0.4, -0.2) is 11.6 Å². The molecule has 1 aromatic rings. The van der Waals surface area contributed by atoms with Crippen LogP contribution in [0.4, 0.5) is 13.2 Å². The van der Waals surface area contributed by atoms with Crippen molar-refractivity contribution < 1.29 is 18.0 Å². The molecule has 3 nitrogen and oxygen atoms in total.